The van der Waals surface area contributed by atoms with Gasteiger partial charge in [0.15, 0.2) is 0 Å². The number of benzene rings is 1. The molecule has 1 heterocycles. The number of nitrogens with zero attached hydrogens (tertiary/aromatic N) is 2. The molecule has 6 nitrogen and oxygen atoms in total. The minimum Gasteiger partial charge on any atom is -0.352 e. The fourth-order valence-electron chi connectivity index (χ4n) is 2.50. The van der Waals surface area contributed by atoms with Crippen LogP contribution in [0.15, 0.2) is 24.3 Å². The summed E-state index contributed by atoms with van der Waals surface area (Å²) in [6, 6.07) is 5.63. The number of aromatic nitrogens is 2. The molecule has 7 heteroatoms. The summed E-state index contributed by atoms with van der Waals surface area (Å²) < 4.78 is 15.8. The summed E-state index contributed by atoms with van der Waals surface area (Å²) in [4.78, 5) is 24.8. The average molecular weight is 374 g/mol. The third-order valence-corrected chi connectivity index (χ3v) is 4.09. The number of anilines is 1. The molecular formula is C20H27FN4O2. The fraction of sp³-hybridized carbons (Fsp3) is 0.450. The van der Waals surface area contributed by atoms with E-state index in [9.17, 15) is 14.0 Å². The van der Waals surface area contributed by atoms with Crippen LogP contribution in [0.2, 0.25) is 0 Å². The number of aryl methyl sites for hydroxylation is 1. The van der Waals surface area contributed by atoms with Gasteiger partial charge < -0.3 is 10.6 Å². The summed E-state index contributed by atoms with van der Waals surface area (Å²) in [5.41, 5.74) is 1.17. The predicted molar refractivity (Wildman–Crippen MR) is 104 cm³/mol. The van der Waals surface area contributed by atoms with Gasteiger partial charge >= 0.3 is 0 Å². The summed E-state index contributed by atoms with van der Waals surface area (Å²) in [7, 11) is 0. The first-order valence-electron chi connectivity index (χ1n) is 9.14. The molecule has 2 aromatic rings. The molecule has 0 radical (unpaired) electrons. The first-order valence-corrected chi connectivity index (χ1v) is 9.14. The van der Waals surface area contributed by atoms with Gasteiger partial charge in [-0.2, -0.15) is 5.10 Å². The second kappa shape index (κ2) is 8.33. The van der Waals surface area contributed by atoms with E-state index in [0.29, 0.717) is 24.3 Å². The zero-order valence-electron chi connectivity index (χ0n) is 16.5. The maximum absolute atomic E-state index is 14.2. The number of carbonyl (C=O) groups is 2. The lowest BCUT2D eigenvalue weighted by molar-refractivity contribution is 0.0952. The van der Waals surface area contributed by atoms with Crippen LogP contribution in [0.5, 0.6) is 0 Å². The van der Waals surface area contributed by atoms with E-state index >= 15 is 0 Å². The standard InChI is InChI=1S/C20H27FN4O2/c1-6-10-22-18(26)13-8-9-14(21)15(11-13)23-19(27)16-12-17(20(3,4)5)24-25(16)7-2/h8-9,11-12H,6-7,10H2,1-5H3,(H,22,26)(H,23,27). The maximum Gasteiger partial charge on any atom is 0.274 e. The van der Waals surface area contributed by atoms with Crippen molar-refractivity contribution in [2.24, 2.45) is 0 Å². The topological polar surface area (TPSA) is 76.0 Å². The van der Waals surface area contributed by atoms with E-state index < -0.39 is 11.7 Å². The van der Waals surface area contributed by atoms with Crippen molar-refractivity contribution >= 4 is 17.5 Å². The van der Waals surface area contributed by atoms with Crippen LogP contribution in [-0.2, 0) is 12.0 Å². The zero-order chi connectivity index (χ0) is 20.2. The number of amides is 2. The number of hydrogen-bond donors (Lipinski definition) is 2. The van der Waals surface area contributed by atoms with Gasteiger partial charge in [-0.25, -0.2) is 4.39 Å². The van der Waals surface area contributed by atoms with Gasteiger partial charge in [0.25, 0.3) is 11.8 Å². The Balaban J connectivity index is 2.28. The van der Waals surface area contributed by atoms with Gasteiger partial charge in [0.2, 0.25) is 0 Å². The quantitative estimate of drug-likeness (QED) is 0.809. The molecule has 2 rings (SSSR count). The van der Waals surface area contributed by atoms with Gasteiger partial charge in [-0.05, 0) is 37.6 Å². The highest BCUT2D eigenvalue weighted by Gasteiger charge is 2.23. The van der Waals surface area contributed by atoms with E-state index in [4.69, 9.17) is 0 Å². The highest BCUT2D eigenvalue weighted by Crippen LogP contribution is 2.23. The summed E-state index contributed by atoms with van der Waals surface area (Å²) in [5.74, 6) is -1.38. The van der Waals surface area contributed by atoms with E-state index in [1.165, 1.54) is 18.2 Å². The maximum atomic E-state index is 14.2. The van der Waals surface area contributed by atoms with Crippen LogP contribution in [0.25, 0.3) is 0 Å². The van der Waals surface area contributed by atoms with Gasteiger partial charge in [0, 0.05) is 24.1 Å². The zero-order valence-corrected chi connectivity index (χ0v) is 16.5. The molecule has 0 spiro atoms. The predicted octanol–water partition coefficient (Wildman–Crippen LogP) is 3.73. The highest BCUT2D eigenvalue weighted by molar-refractivity contribution is 6.04. The lowest BCUT2D eigenvalue weighted by Gasteiger charge is -2.13. The Kier molecular flexibility index (Phi) is 6.36. The fourth-order valence-corrected chi connectivity index (χ4v) is 2.50. The van der Waals surface area contributed by atoms with E-state index in [2.05, 4.69) is 15.7 Å². The Hall–Kier alpha value is -2.70. The molecule has 0 saturated heterocycles. The Morgan fingerprint density at radius 3 is 2.44 bits per heavy atom. The summed E-state index contributed by atoms with van der Waals surface area (Å²) in [6.07, 6.45) is 0.799. The van der Waals surface area contributed by atoms with E-state index in [1.54, 1.807) is 10.7 Å². The van der Waals surface area contributed by atoms with Crippen LogP contribution in [-0.4, -0.2) is 28.1 Å². The van der Waals surface area contributed by atoms with Gasteiger partial charge in [0.05, 0.1) is 11.4 Å². The van der Waals surface area contributed by atoms with Crippen molar-refractivity contribution in [3.8, 4) is 0 Å². The first kappa shape index (κ1) is 20.6. The molecule has 0 aliphatic rings. The molecule has 146 valence electrons. The van der Waals surface area contributed by atoms with Crippen molar-refractivity contribution in [2.75, 3.05) is 11.9 Å². The van der Waals surface area contributed by atoms with Crippen LogP contribution in [0.3, 0.4) is 0 Å². The van der Waals surface area contributed by atoms with Crippen LogP contribution < -0.4 is 10.6 Å². The molecule has 0 aliphatic heterocycles. The van der Waals surface area contributed by atoms with Crippen molar-refractivity contribution in [3.05, 3.63) is 47.0 Å². The summed E-state index contributed by atoms with van der Waals surface area (Å²) in [6.45, 7) is 10.9. The number of nitrogens with one attached hydrogen (secondary N) is 2. The molecule has 0 unspecified atom stereocenters. The average Bonchev–Trinajstić information content (AvgIpc) is 3.06. The van der Waals surface area contributed by atoms with Crippen LogP contribution in [0, 0.1) is 5.82 Å². The third-order valence-electron chi connectivity index (χ3n) is 4.09. The molecule has 0 fully saturated rings. The minimum absolute atomic E-state index is 0.0367. The number of carbonyl (C=O) groups excluding carboxylic acids is 2. The summed E-state index contributed by atoms with van der Waals surface area (Å²) >= 11 is 0. The smallest absolute Gasteiger partial charge is 0.274 e. The normalized spacial score (nSPS) is 11.3. The molecule has 1 aromatic carbocycles. The van der Waals surface area contributed by atoms with Crippen LogP contribution >= 0.6 is 0 Å². The van der Waals surface area contributed by atoms with Gasteiger partial charge in [-0.1, -0.05) is 27.7 Å². The van der Waals surface area contributed by atoms with Crippen molar-refractivity contribution < 1.29 is 14.0 Å². The largest absolute Gasteiger partial charge is 0.352 e. The molecule has 2 N–H and O–H groups in total. The number of hydrogen-bond acceptors (Lipinski definition) is 3. The van der Waals surface area contributed by atoms with Gasteiger partial charge in [-0.3, -0.25) is 14.3 Å². The van der Waals surface area contributed by atoms with Crippen LogP contribution in [0.4, 0.5) is 10.1 Å². The monoisotopic (exact) mass is 374 g/mol. The minimum atomic E-state index is -0.603. The summed E-state index contributed by atoms with van der Waals surface area (Å²) in [5, 5.41) is 9.76. The molecule has 0 atom stereocenters. The Labute approximate surface area is 159 Å². The number of rotatable bonds is 6. The SMILES string of the molecule is CCCNC(=O)c1ccc(F)c(NC(=O)c2cc(C(C)(C)C)nn2CC)c1. The molecule has 0 bridgehead atoms. The van der Waals surface area contributed by atoms with Gasteiger partial charge in [0.1, 0.15) is 11.5 Å². The van der Waals surface area contributed by atoms with Crippen molar-refractivity contribution in [1.29, 1.82) is 0 Å². The van der Waals surface area contributed by atoms with Crippen molar-refractivity contribution in [2.45, 2.75) is 53.0 Å². The lowest BCUT2D eigenvalue weighted by atomic mass is 9.92. The molecular weight excluding hydrogens is 347 g/mol. The van der Waals surface area contributed by atoms with Crippen LogP contribution in [0.1, 0.15) is 67.6 Å². The Bertz CT molecular complexity index is 837. The highest BCUT2D eigenvalue weighted by atomic mass is 19.1. The molecule has 0 saturated carbocycles. The third kappa shape index (κ3) is 4.93. The second-order valence-electron chi connectivity index (χ2n) is 7.39. The molecule has 1 aromatic heterocycles. The van der Waals surface area contributed by atoms with Crippen molar-refractivity contribution in [3.63, 3.8) is 0 Å². The molecule has 0 aliphatic carbocycles. The Morgan fingerprint density at radius 2 is 1.85 bits per heavy atom. The van der Waals surface area contributed by atoms with E-state index in [0.717, 1.165) is 12.1 Å². The second-order valence-corrected chi connectivity index (χ2v) is 7.39. The first-order chi connectivity index (χ1) is 12.7. The number of halogens is 1. The molecule has 2 amide bonds. The Morgan fingerprint density at radius 1 is 1.15 bits per heavy atom. The van der Waals surface area contributed by atoms with Crippen molar-refractivity contribution in [1.82, 2.24) is 15.1 Å². The van der Waals surface area contributed by atoms with E-state index in [1.807, 2.05) is 34.6 Å². The van der Waals surface area contributed by atoms with E-state index in [-0.39, 0.29) is 17.0 Å². The lowest BCUT2D eigenvalue weighted by Crippen LogP contribution is -2.24. The molecule has 27 heavy (non-hydrogen) atoms. The van der Waals surface area contributed by atoms with Gasteiger partial charge in [-0.15, -0.1) is 0 Å².